The first-order valence-corrected chi connectivity index (χ1v) is 9.03. The van der Waals surface area contributed by atoms with Crippen LogP contribution in [0, 0.1) is 0 Å². The smallest absolute Gasteiger partial charge is 0.450 e. The van der Waals surface area contributed by atoms with Gasteiger partial charge in [0.25, 0.3) is 0 Å². The van der Waals surface area contributed by atoms with Gasteiger partial charge in [0.1, 0.15) is 0 Å². The number of hydrogen-bond donors (Lipinski definition) is 3. The van der Waals surface area contributed by atoms with E-state index in [1.807, 2.05) is 6.20 Å². The Kier molecular flexibility index (Phi) is 7.04. The van der Waals surface area contributed by atoms with Crippen LogP contribution in [0.25, 0.3) is 0 Å². The molecule has 0 spiro atoms. The summed E-state index contributed by atoms with van der Waals surface area (Å²) in [5.41, 5.74) is 0.759. The first kappa shape index (κ1) is 19.5. The van der Waals surface area contributed by atoms with E-state index in [-0.39, 0.29) is 12.3 Å². The minimum absolute atomic E-state index is 0.117. The molecule has 0 aliphatic heterocycles. The first-order chi connectivity index (χ1) is 11.8. The highest BCUT2D eigenvalue weighted by Crippen LogP contribution is 2.39. The zero-order valence-electron chi connectivity index (χ0n) is 13.0. The number of aromatic nitrogens is 1. The lowest BCUT2D eigenvalue weighted by Crippen LogP contribution is -2.14. The van der Waals surface area contributed by atoms with Crippen LogP contribution in [0.3, 0.4) is 0 Å². The van der Waals surface area contributed by atoms with Crippen LogP contribution < -0.4 is 5.32 Å². The van der Waals surface area contributed by atoms with E-state index in [0.29, 0.717) is 21.1 Å². The number of thiazole rings is 1. The Labute approximate surface area is 158 Å². The number of nitrogens with one attached hydrogen (secondary N) is 1. The molecule has 0 bridgehead atoms. The van der Waals surface area contributed by atoms with Gasteiger partial charge >= 0.3 is 6.16 Å². The number of halogens is 2. The van der Waals surface area contributed by atoms with Gasteiger partial charge in [-0.15, -0.1) is 11.3 Å². The average molecular weight is 403 g/mol. The number of hydrogen-bond acceptors (Lipinski definition) is 4. The number of anilines is 1. The van der Waals surface area contributed by atoms with Crippen LogP contribution in [-0.2, 0) is 11.2 Å². The highest BCUT2D eigenvalue weighted by Gasteiger charge is 2.22. The molecule has 2 aromatic rings. The highest BCUT2D eigenvalue weighted by atomic mass is 35.5. The molecule has 1 heterocycles. The molecule has 0 atom stereocenters. The Balaban J connectivity index is 0.000000511. The van der Waals surface area contributed by atoms with Gasteiger partial charge in [-0.3, -0.25) is 4.79 Å². The van der Waals surface area contributed by atoms with Gasteiger partial charge in [-0.2, -0.15) is 0 Å². The van der Waals surface area contributed by atoms with Crippen molar-refractivity contribution >= 4 is 51.7 Å². The summed E-state index contributed by atoms with van der Waals surface area (Å²) in [5, 5.41) is 18.5. The predicted molar refractivity (Wildman–Crippen MR) is 98.2 cm³/mol. The van der Waals surface area contributed by atoms with Crippen LogP contribution in [0.5, 0.6) is 0 Å². The van der Waals surface area contributed by atoms with Crippen molar-refractivity contribution in [2.24, 2.45) is 0 Å². The molecule has 1 aliphatic carbocycles. The van der Waals surface area contributed by atoms with Crippen LogP contribution in [0.4, 0.5) is 9.93 Å². The summed E-state index contributed by atoms with van der Waals surface area (Å²) in [7, 11) is 0. The molecule has 1 amide bonds. The zero-order valence-corrected chi connectivity index (χ0v) is 15.4. The second kappa shape index (κ2) is 9.03. The zero-order chi connectivity index (χ0) is 18.4. The fourth-order valence-corrected chi connectivity index (χ4v) is 3.70. The highest BCUT2D eigenvalue weighted by molar-refractivity contribution is 7.15. The molecule has 3 rings (SSSR count). The molecule has 25 heavy (non-hydrogen) atoms. The summed E-state index contributed by atoms with van der Waals surface area (Å²) >= 11 is 13.5. The number of carbonyl (C=O) groups excluding carboxylic acids is 1. The molecule has 1 aromatic heterocycles. The van der Waals surface area contributed by atoms with Crippen LogP contribution in [0.1, 0.15) is 35.6 Å². The molecular weight excluding hydrogens is 387 g/mol. The van der Waals surface area contributed by atoms with Crippen molar-refractivity contribution in [2.75, 3.05) is 5.32 Å². The van der Waals surface area contributed by atoms with E-state index in [4.69, 9.17) is 38.2 Å². The van der Waals surface area contributed by atoms with Gasteiger partial charge in [-0.05, 0) is 36.5 Å². The largest absolute Gasteiger partial charge is 0.503 e. The normalized spacial score (nSPS) is 13.4. The minimum Gasteiger partial charge on any atom is -0.450 e. The van der Waals surface area contributed by atoms with Crippen LogP contribution >= 0.6 is 34.5 Å². The maximum atomic E-state index is 12.0. The van der Waals surface area contributed by atoms with Gasteiger partial charge in [0.15, 0.2) is 5.13 Å². The second-order valence-corrected chi connectivity index (χ2v) is 7.34. The van der Waals surface area contributed by atoms with Crippen molar-refractivity contribution in [1.82, 2.24) is 4.98 Å². The van der Waals surface area contributed by atoms with Crippen LogP contribution in [0.2, 0.25) is 10.0 Å². The summed E-state index contributed by atoms with van der Waals surface area (Å²) in [6.07, 6.45) is 4.01. The van der Waals surface area contributed by atoms with Gasteiger partial charge in [-0.25, -0.2) is 9.78 Å². The molecule has 134 valence electrons. The summed E-state index contributed by atoms with van der Waals surface area (Å²) in [5.74, 6) is 0.521. The lowest BCUT2D eigenvalue weighted by atomic mass is 9.85. The molecule has 3 N–H and O–H groups in total. The fourth-order valence-electron chi connectivity index (χ4n) is 2.23. The predicted octanol–water partition coefficient (Wildman–Crippen LogP) is 5.12. The van der Waals surface area contributed by atoms with Gasteiger partial charge < -0.3 is 15.5 Å². The third-order valence-electron chi connectivity index (χ3n) is 3.64. The van der Waals surface area contributed by atoms with E-state index in [9.17, 15) is 4.79 Å². The molecule has 0 radical (unpaired) electrons. The van der Waals surface area contributed by atoms with Crippen molar-refractivity contribution in [3.8, 4) is 0 Å². The molecular formula is C16H16Cl2N2O4S. The van der Waals surface area contributed by atoms with Crippen molar-refractivity contribution in [2.45, 2.75) is 31.6 Å². The topological polar surface area (TPSA) is 99.5 Å². The quantitative estimate of drug-likeness (QED) is 0.658. The molecule has 1 saturated carbocycles. The Bertz CT molecular complexity index is 758. The van der Waals surface area contributed by atoms with E-state index in [2.05, 4.69) is 10.3 Å². The summed E-state index contributed by atoms with van der Waals surface area (Å²) in [4.78, 5) is 26.1. The maximum absolute atomic E-state index is 12.0. The van der Waals surface area contributed by atoms with Crippen LogP contribution in [0.15, 0.2) is 24.4 Å². The van der Waals surface area contributed by atoms with E-state index in [1.54, 1.807) is 29.5 Å². The van der Waals surface area contributed by atoms with Crippen LogP contribution in [-0.4, -0.2) is 27.3 Å². The molecule has 6 nitrogen and oxygen atoms in total. The lowest BCUT2D eigenvalue weighted by Gasteiger charge is -2.23. The SMILES string of the molecule is O=C(Cc1ccc(Cl)cc1Cl)Nc1ncc(C2CCC2)s1.O=C(O)O. The van der Waals surface area contributed by atoms with E-state index < -0.39 is 6.16 Å². The standard InChI is InChI=1S/C15H14Cl2N2OS.CH2O3/c16-11-5-4-10(12(17)7-11)6-14(20)19-15-18-8-13(21-15)9-2-1-3-9;2-1(3)4/h4-5,7-9H,1-3,6H2,(H,18,19,20);(H2,2,3,4). The number of carboxylic acid groups (broad SMARTS) is 2. The first-order valence-electron chi connectivity index (χ1n) is 7.46. The molecule has 1 aromatic carbocycles. The summed E-state index contributed by atoms with van der Waals surface area (Å²) < 4.78 is 0. The van der Waals surface area contributed by atoms with Gasteiger partial charge in [-0.1, -0.05) is 35.7 Å². The Morgan fingerprint density at radius 1 is 1.28 bits per heavy atom. The monoisotopic (exact) mass is 402 g/mol. The summed E-state index contributed by atoms with van der Waals surface area (Å²) in [6, 6.07) is 5.14. The summed E-state index contributed by atoms with van der Waals surface area (Å²) in [6.45, 7) is 0. The number of rotatable bonds is 4. The Morgan fingerprint density at radius 3 is 2.52 bits per heavy atom. The van der Waals surface area contributed by atoms with E-state index in [1.165, 1.54) is 24.1 Å². The van der Waals surface area contributed by atoms with Gasteiger partial charge in [0.05, 0.1) is 6.42 Å². The molecule has 0 unspecified atom stereocenters. The maximum Gasteiger partial charge on any atom is 0.503 e. The average Bonchev–Trinajstić information content (AvgIpc) is 2.87. The fraction of sp³-hybridized carbons (Fsp3) is 0.312. The number of amides is 1. The van der Waals surface area contributed by atoms with E-state index in [0.717, 1.165) is 5.56 Å². The number of carbonyl (C=O) groups is 2. The molecule has 0 saturated heterocycles. The molecule has 1 fully saturated rings. The minimum atomic E-state index is -1.83. The van der Waals surface area contributed by atoms with Crippen molar-refractivity contribution in [3.63, 3.8) is 0 Å². The lowest BCUT2D eigenvalue weighted by molar-refractivity contribution is -0.115. The van der Waals surface area contributed by atoms with Gasteiger partial charge in [0, 0.05) is 21.1 Å². The second-order valence-electron chi connectivity index (χ2n) is 5.44. The number of nitrogens with zero attached hydrogens (tertiary/aromatic N) is 1. The molecule has 9 heteroatoms. The van der Waals surface area contributed by atoms with Crippen molar-refractivity contribution in [3.05, 3.63) is 44.9 Å². The number of benzene rings is 1. The molecule has 1 aliphatic rings. The third kappa shape index (κ3) is 6.19. The Hall–Kier alpha value is -1.83. The van der Waals surface area contributed by atoms with Crippen molar-refractivity contribution in [1.29, 1.82) is 0 Å². The van der Waals surface area contributed by atoms with E-state index >= 15 is 0 Å². The third-order valence-corrected chi connectivity index (χ3v) is 5.31. The van der Waals surface area contributed by atoms with Gasteiger partial charge in [0.2, 0.25) is 5.91 Å². The van der Waals surface area contributed by atoms with Crippen molar-refractivity contribution < 1.29 is 19.8 Å². The Morgan fingerprint density at radius 2 is 1.96 bits per heavy atom.